The third kappa shape index (κ3) is 5.99. The van der Waals surface area contributed by atoms with Crippen molar-refractivity contribution >= 4 is 101 Å². The quantitative estimate of drug-likeness (QED) is 0.160. The van der Waals surface area contributed by atoms with E-state index in [1.165, 1.54) is 11.0 Å². The van der Waals surface area contributed by atoms with E-state index in [2.05, 4.69) is 184 Å². The van der Waals surface area contributed by atoms with Crippen LogP contribution in [-0.2, 0) is 5.41 Å². The fourth-order valence-electron chi connectivity index (χ4n) is 11.3. The van der Waals surface area contributed by atoms with Crippen molar-refractivity contribution in [2.45, 2.75) is 40.0 Å². The number of nitrogens with zero attached hydrogens (tertiary/aromatic N) is 2. The molecular weight excluding hydrogens is 848 g/mol. The van der Waals surface area contributed by atoms with Crippen molar-refractivity contribution in [3.05, 3.63) is 199 Å². The first-order chi connectivity index (χ1) is 33.6. The van der Waals surface area contributed by atoms with Gasteiger partial charge in [-0.1, -0.05) is 112 Å². The van der Waals surface area contributed by atoms with E-state index < -0.39 is 0 Å². The van der Waals surface area contributed by atoms with E-state index in [4.69, 9.17) is 17.7 Å². The summed E-state index contributed by atoms with van der Waals surface area (Å²) in [5.74, 6) is 1.64. The number of benzene rings is 8. The second kappa shape index (κ2) is 14.5. The van der Waals surface area contributed by atoms with Gasteiger partial charge in [0.1, 0.15) is 33.9 Å². The predicted octanol–water partition coefficient (Wildman–Crippen LogP) is 15.7. The third-order valence-corrected chi connectivity index (χ3v) is 14.5. The number of furan rings is 4. The maximum atomic E-state index is 7.32. The lowest BCUT2D eigenvalue weighted by Crippen LogP contribution is -2.61. The molecule has 0 atom stereocenters. The van der Waals surface area contributed by atoms with Crippen molar-refractivity contribution in [3.63, 3.8) is 0 Å². The van der Waals surface area contributed by atoms with Crippen LogP contribution in [0.15, 0.2) is 200 Å². The summed E-state index contributed by atoms with van der Waals surface area (Å²) in [5.41, 5.74) is 20.9. The highest BCUT2D eigenvalue weighted by molar-refractivity contribution is 7.00. The first-order valence-corrected chi connectivity index (χ1v) is 23.7. The summed E-state index contributed by atoms with van der Waals surface area (Å²) in [4.78, 5) is 4.93. The average molecular weight is 893 g/mol. The van der Waals surface area contributed by atoms with E-state index in [-0.39, 0.29) is 12.1 Å². The van der Waals surface area contributed by atoms with Gasteiger partial charge in [-0.15, -0.1) is 0 Å². The van der Waals surface area contributed by atoms with Gasteiger partial charge in [0.2, 0.25) is 0 Å². The molecule has 0 amide bonds. The number of aryl methyl sites for hydroxylation is 2. The standard InChI is InChI=1S/C62H45BN2O4/c1-36-28-42(47-35-66-54-23-11-8-18-45(47)54)29-37(2)59(36)65-50-20-13-19-49-58(50)63(61-60(65)46-34-43(62(3,4)5)25-27-55(46)69-61)48-26-24-41(57-33-40-15-7-10-22-53(40)68-57)31-51(48)64(49)44-17-12-16-38(30-44)56-32-39-14-6-9-21-52(39)67-56/h6-35H,1-5H3. The third-order valence-electron chi connectivity index (χ3n) is 14.5. The molecule has 2 aliphatic rings. The zero-order valence-corrected chi connectivity index (χ0v) is 38.9. The van der Waals surface area contributed by atoms with Crippen molar-refractivity contribution in [1.82, 2.24) is 0 Å². The van der Waals surface area contributed by atoms with Gasteiger partial charge in [-0.05, 0) is 137 Å². The van der Waals surface area contributed by atoms with E-state index in [0.29, 0.717) is 0 Å². The molecule has 0 aliphatic carbocycles. The van der Waals surface area contributed by atoms with E-state index in [1.54, 1.807) is 0 Å². The van der Waals surface area contributed by atoms with Crippen LogP contribution in [-0.4, -0.2) is 6.71 Å². The highest BCUT2D eigenvalue weighted by Gasteiger charge is 2.47. The van der Waals surface area contributed by atoms with Crippen molar-refractivity contribution < 1.29 is 17.7 Å². The summed E-state index contributed by atoms with van der Waals surface area (Å²) in [7, 11) is 0. The van der Waals surface area contributed by atoms with Crippen LogP contribution >= 0.6 is 0 Å². The molecule has 330 valence electrons. The van der Waals surface area contributed by atoms with Crippen LogP contribution in [0.25, 0.3) is 77.7 Å². The summed E-state index contributed by atoms with van der Waals surface area (Å²) in [6.45, 7) is 11.1. The Bertz CT molecular complexity index is 3990. The highest BCUT2D eigenvalue weighted by Crippen LogP contribution is 2.50. The normalized spacial score (nSPS) is 13.2. The summed E-state index contributed by atoms with van der Waals surface area (Å²) in [6, 6.07) is 62.7. The molecule has 0 saturated carbocycles. The molecule has 0 saturated heterocycles. The number of hydrogen-bond donors (Lipinski definition) is 0. The lowest BCUT2D eigenvalue weighted by molar-refractivity contribution is 0.590. The minimum atomic E-state index is -0.223. The number of fused-ring (bicyclic) bond motifs is 9. The van der Waals surface area contributed by atoms with Gasteiger partial charge in [-0.25, -0.2) is 0 Å². The van der Waals surface area contributed by atoms with Gasteiger partial charge in [0, 0.05) is 61.0 Å². The summed E-state index contributed by atoms with van der Waals surface area (Å²) < 4.78 is 26.4. The maximum absolute atomic E-state index is 7.32. The zero-order chi connectivity index (χ0) is 46.3. The lowest BCUT2D eigenvalue weighted by Gasteiger charge is -2.43. The Morgan fingerprint density at radius 2 is 1.12 bits per heavy atom. The number of para-hydroxylation sites is 3. The van der Waals surface area contributed by atoms with Crippen LogP contribution in [0.4, 0.5) is 34.1 Å². The van der Waals surface area contributed by atoms with Crippen molar-refractivity contribution in [3.8, 4) is 33.8 Å². The van der Waals surface area contributed by atoms with E-state index in [1.807, 2.05) is 42.7 Å². The lowest BCUT2D eigenvalue weighted by atomic mass is 9.35. The molecule has 0 unspecified atom stereocenters. The second-order valence-corrected chi connectivity index (χ2v) is 19.8. The Hall–Kier alpha value is -8.42. The predicted molar refractivity (Wildman–Crippen MR) is 284 cm³/mol. The van der Waals surface area contributed by atoms with Crippen molar-refractivity contribution in [2.75, 3.05) is 9.80 Å². The molecular formula is C62H45BN2O4. The topological polar surface area (TPSA) is 59.0 Å². The van der Waals surface area contributed by atoms with Crippen LogP contribution in [0.5, 0.6) is 0 Å². The molecule has 69 heavy (non-hydrogen) atoms. The molecule has 8 aromatic carbocycles. The van der Waals surface area contributed by atoms with Gasteiger partial charge < -0.3 is 27.5 Å². The minimum Gasteiger partial charge on any atom is -0.468 e. The first-order valence-electron chi connectivity index (χ1n) is 23.7. The zero-order valence-electron chi connectivity index (χ0n) is 38.9. The number of hydrogen-bond acceptors (Lipinski definition) is 6. The van der Waals surface area contributed by atoms with Crippen LogP contribution in [0.1, 0.15) is 37.5 Å². The van der Waals surface area contributed by atoms with E-state index >= 15 is 0 Å². The Morgan fingerprint density at radius 1 is 0.464 bits per heavy atom. The van der Waals surface area contributed by atoms with E-state index in [0.717, 1.165) is 134 Å². The van der Waals surface area contributed by atoms with Crippen LogP contribution in [0.3, 0.4) is 0 Å². The summed E-state index contributed by atoms with van der Waals surface area (Å²) in [5, 5.41) is 4.34. The van der Waals surface area contributed by atoms with Crippen molar-refractivity contribution in [2.24, 2.45) is 0 Å². The Labute approximate surface area is 399 Å². The average Bonchev–Trinajstić information content (AvgIpc) is 4.18. The minimum absolute atomic E-state index is 0.0777. The number of rotatable bonds is 5. The Morgan fingerprint density at radius 3 is 1.83 bits per heavy atom. The van der Waals surface area contributed by atoms with Crippen LogP contribution in [0, 0.1) is 13.8 Å². The highest BCUT2D eigenvalue weighted by atomic mass is 16.3. The summed E-state index contributed by atoms with van der Waals surface area (Å²) >= 11 is 0. The molecule has 0 radical (unpaired) electrons. The Balaban J connectivity index is 1.03. The van der Waals surface area contributed by atoms with E-state index in [9.17, 15) is 0 Å². The molecule has 0 bridgehead atoms. The van der Waals surface area contributed by atoms with Crippen molar-refractivity contribution in [1.29, 1.82) is 0 Å². The molecule has 14 rings (SSSR count). The SMILES string of the molecule is Cc1cc(-c2coc3ccccc23)cc(C)c1N1c2cccc3c2B(c2ccc(-c4cc5ccccc5o4)cc2N3c2cccc(-c3cc4ccccc4o3)c2)c2oc3ccc(C(C)(C)C)cc3c21. The molecule has 2 aliphatic heterocycles. The molecule has 0 fully saturated rings. The monoisotopic (exact) mass is 892 g/mol. The van der Waals surface area contributed by atoms with Crippen LogP contribution < -0.4 is 26.4 Å². The maximum Gasteiger partial charge on any atom is 0.297 e. The number of anilines is 6. The van der Waals surface area contributed by atoms with Gasteiger partial charge in [0.25, 0.3) is 6.71 Å². The first kappa shape index (κ1) is 39.7. The molecule has 6 heterocycles. The molecule has 4 aromatic heterocycles. The largest absolute Gasteiger partial charge is 0.468 e. The second-order valence-electron chi connectivity index (χ2n) is 19.8. The van der Waals surface area contributed by atoms with Gasteiger partial charge in [0.05, 0.1) is 23.3 Å². The molecule has 0 N–H and O–H groups in total. The fourth-order valence-corrected chi connectivity index (χ4v) is 11.3. The Kier molecular flexibility index (Phi) is 8.37. The molecule has 12 aromatic rings. The smallest absolute Gasteiger partial charge is 0.297 e. The summed E-state index contributed by atoms with van der Waals surface area (Å²) in [6.07, 6.45) is 1.89. The van der Waals surface area contributed by atoms with Gasteiger partial charge in [-0.2, -0.15) is 0 Å². The van der Waals surface area contributed by atoms with Crippen LogP contribution in [0.2, 0.25) is 0 Å². The molecule has 0 spiro atoms. The van der Waals surface area contributed by atoms with Gasteiger partial charge in [0.15, 0.2) is 0 Å². The molecule has 6 nitrogen and oxygen atoms in total. The fraction of sp³-hybridized carbons (Fsp3) is 0.0968. The van der Waals surface area contributed by atoms with Gasteiger partial charge >= 0.3 is 0 Å². The molecule has 7 heteroatoms. The van der Waals surface area contributed by atoms with Gasteiger partial charge in [-0.3, -0.25) is 0 Å².